The normalized spacial score (nSPS) is 11.7. The highest BCUT2D eigenvalue weighted by Crippen LogP contribution is 2.23. The van der Waals surface area contributed by atoms with E-state index in [1.54, 1.807) is 11.5 Å². The number of hydrogen-bond donors (Lipinski definition) is 1. The van der Waals surface area contributed by atoms with Gasteiger partial charge in [0, 0.05) is 5.69 Å². The first-order chi connectivity index (χ1) is 13.6. The van der Waals surface area contributed by atoms with Crippen molar-refractivity contribution in [2.24, 2.45) is 0 Å². The molecule has 0 aliphatic heterocycles. The van der Waals surface area contributed by atoms with Crippen molar-refractivity contribution in [3.63, 3.8) is 0 Å². The molecule has 1 amide bonds. The Morgan fingerprint density at radius 3 is 2.28 bits per heavy atom. The molecular weight excluding hydrogens is 404 g/mol. The molecule has 0 unspecified atom stereocenters. The van der Waals surface area contributed by atoms with Gasteiger partial charge in [0.15, 0.2) is 0 Å². The molecule has 2 aromatic heterocycles. The van der Waals surface area contributed by atoms with E-state index in [0.29, 0.717) is 11.8 Å². The van der Waals surface area contributed by atoms with E-state index in [2.05, 4.69) is 20.3 Å². The van der Waals surface area contributed by atoms with Crippen LogP contribution in [-0.2, 0) is 9.84 Å². The molecule has 152 valence electrons. The lowest BCUT2D eigenvalue weighted by Crippen LogP contribution is -2.20. The van der Waals surface area contributed by atoms with E-state index in [1.165, 1.54) is 24.5 Å². The Kier molecular flexibility index (Phi) is 5.42. The zero-order valence-corrected chi connectivity index (χ0v) is 16.5. The monoisotopic (exact) mass is 421 g/mol. The van der Waals surface area contributed by atoms with Crippen LogP contribution in [0.4, 0.5) is 14.5 Å². The number of carbonyl (C=O) groups is 1. The van der Waals surface area contributed by atoms with E-state index in [9.17, 15) is 22.0 Å². The number of nitrogens with one attached hydrogen (secondary N) is 1. The largest absolute Gasteiger partial charge is 0.341 e. The first-order valence-corrected chi connectivity index (χ1v) is 9.95. The van der Waals surface area contributed by atoms with Crippen molar-refractivity contribution in [1.29, 1.82) is 0 Å². The molecule has 3 aromatic rings. The summed E-state index contributed by atoms with van der Waals surface area (Å²) in [6, 6.07) is 4.76. The fourth-order valence-corrected chi connectivity index (χ4v) is 3.70. The molecular formula is C18H17F2N5O3S. The van der Waals surface area contributed by atoms with Gasteiger partial charge in [-0.05, 0) is 32.9 Å². The van der Waals surface area contributed by atoms with Crippen LogP contribution in [-0.4, -0.2) is 39.6 Å². The highest BCUT2D eigenvalue weighted by atomic mass is 32.2. The van der Waals surface area contributed by atoms with Gasteiger partial charge in [-0.15, -0.1) is 0 Å². The third kappa shape index (κ3) is 3.86. The van der Waals surface area contributed by atoms with Gasteiger partial charge >= 0.3 is 5.76 Å². The summed E-state index contributed by atoms with van der Waals surface area (Å²) in [5.41, 5.74) is 1.48. The second-order valence-electron chi connectivity index (χ2n) is 6.19. The fraction of sp³-hybridized carbons (Fsp3) is 0.222. The molecule has 0 radical (unpaired) electrons. The van der Waals surface area contributed by atoms with Crippen LogP contribution in [0.3, 0.4) is 0 Å². The fourth-order valence-electron chi connectivity index (χ4n) is 2.77. The zero-order valence-electron chi connectivity index (χ0n) is 15.7. The first-order valence-electron chi connectivity index (χ1n) is 8.40. The number of rotatable bonds is 5. The van der Waals surface area contributed by atoms with Crippen molar-refractivity contribution in [2.75, 3.05) is 5.32 Å². The van der Waals surface area contributed by atoms with Crippen molar-refractivity contribution < 1.29 is 22.0 Å². The minimum Gasteiger partial charge on any atom is -0.319 e. The van der Waals surface area contributed by atoms with Gasteiger partial charge in [0.1, 0.15) is 5.82 Å². The van der Waals surface area contributed by atoms with E-state index in [1.807, 2.05) is 13.8 Å². The number of benzene rings is 1. The topological polar surface area (TPSA) is 107 Å². The number of hydrogen-bond acceptors (Lipinski definition) is 6. The molecule has 0 fully saturated rings. The summed E-state index contributed by atoms with van der Waals surface area (Å²) in [5.74, 6) is -3.46. The Labute approximate surface area is 165 Å². The molecule has 0 aliphatic carbocycles. The number of anilines is 1. The van der Waals surface area contributed by atoms with Gasteiger partial charge < -0.3 is 5.32 Å². The lowest BCUT2D eigenvalue weighted by molar-refractivity contribution is 0.102. The Bertz CT molecular complexity index is 1170. The van der Waals surface area contributed by atoms with Gasteiger partial charge in [-0.2, -0.15) is 8.78 Å². The Morgan fingerprint density at radius 1 is 1.10 bits per heavy atom. The minimum atomic E-state index is -4.93. The van der Waals surface area contributed by atoms with E-state index in [4.69, 9.17) is 0 Å². The lowest BCUT2D eigenvalue weighted by Gasteiger charge is -2.11. The molecule has 29 heavy (non-hydrogen) atoms. The van der Waals surface area contributed by atoms with Gasteiger partial charge in [-0.1, -0.05) is 12.1 Å². The number of alkyl halides is 2. The molecule has 8 nitrogen and oxygen atoms in total. The van der Waals surface area contributed by atoms with Crippen molar-refractivity contribution in [3.8, 4) is 5.95 Å². The molecule has 2 heterocycles. The Morgan fingerprint density at radius 2 is 1.72 bits per heavy atom. The molecule has 0 aliphatic rings. The third-order valence-corrected chi connectivity index (χ3v) is 5.72. The number of halogens is 2. The van der Waals surface area contributed by atoms with Crippen molar-refractivity contribution >= 4 is 21.4 Å². The summed E-state index contributed by atoms with van der Waals surface area (Å²) in [6.45, 7) is 5.53. The van der Waals surface area contributed by atoms with E-state index in [0.717, 1.165) is 23.5 Å². The Hall–Kier alpha value is -3.21. The molecule has 0 atom stereocenters. The molecule has 3 rings (SSSR count). The summed E-state index contributed by atoms with van der Waals surface area (Å²) in [7, 11) is -4.93. The van der Waals surface area contributed by atoms with Crippen LogP contribution < -0.4 is 5.32 Å². The van der Waals surface area contributed by atoms with Crippen molar-refractivity contribution in [2.45, 2.75) is 31.4 Å². The molecule has 1 N–H and O–H groups in total. The van der Waals surface area contributed by atoms with Gasteiger partial charge in [0.05, 0.1) is 34.2 Å². The highest BCUT2D eigenvalue weighted by molar-refractivity contribution is 7.91. The van der Waals surface area contributed by atoms with E-state index < -0.39 is 32.0 Å². The summed E-state index contributed by atoms with van der Waals surface area (Å²) in [6.07, 6.45) is 2.66. The summed E-state index contributed by atoms with van der Waals surface area (Å²) in [5, 5.41) is 2.42. The maximum absolute atomic E-state index is 12.9. The van der Waals surface area contributed by atoms with Crippen LogP contribution in [0.25, 0.3) is 5.95 Å². The van der Waals surface area contributed by atoms with Crippen molar-refractivity contribution in [1.82, 2.24) is 19.5 Å². The average Bonchev–Trinajstić information content (AvgIpc) is 2.94. The first kappa shape index (κ1) is 20.5. The molecule has 0 spiro atoms. The summed E-state index contributed by atoms with van der Waals surface area (Å²) < 4.78 is 51.2. The Balaban J connectivity index is 1.88. The average molecular weight is 421 g/mol. The standard InChI is InChI=1S/C18H17F2N5O3S/c1-10-11(2)25(12(3)23-10)18-21-8-13(9-22-18)24-16(26)14-6-4-5-7-15(14)29(27,28)17(19)20/h4-9,17H,1-3H3,(H,24,26). The number of carbonyl (C=O) groups excluding carboxylic acids is 1. The zero-order chi connectivity index (χ0) is 21.3. The van der Waals surface area contributed by atoms with Crippen molar-refractivity contribution in [3.05, 3.63) is 59.4 Å². The molecule has 0 saturated carbocycles. The van der Waals surface area contributed by atoms with E-state index in [-0.39, 0.29) is 5.69 Å². The van der Waals surface area contributed by atoms with Crippen LogP contribution >= 0.6 is 0 Å². The predicted octanol–water partition coefficient (Wildman–Crippen LogP) is 2.84. The predicted molar refractivity (Wildman–Crippen MR) is 101 cm³/mol. The number of amides is 1. The smallest absolute Gasteiger partial charge is 0.319 e. The molecule has 11 heteroatoms. The maximum atomic E-state index is 12.9. The third-order valence-electron chi connectivity index (χ3n) is 4.28. The highest BCUT2D eigenvalue weighted by Gasteiger charge is 2.30. The number of sulfone groups is 1. The number of aryl methyl sites for hydroxylation is 2. The van der Waals surface area contributed by atoms with Crippen LogP contribution in [0.15, 0.2) is 41.6 Å². The molecule has 0 bridgehead atoms. The van der Waals surface area contributed by atoms with Gasteiger partial charge in [0.25, 0.3) is 5.91 Å². The summed E-state index contributed by atoms with van der Waals surface area (Å²) in [4.78, 5) is 24.5. The lowest BCUT2D eigenvalue weighted by atomic mass is 10.2. The molecule has 1 aromatic carbocycles. The maximum Gasteiger partial charge on any atom is 0.341 e. The number of imidazole rings is 1. The minimum absolute atomic E-state index is 0.176. The quantitative estimate of drug-likeness (QED) is 0.679. The van der Waals surface area contributed by atoms with Crippen LogP contribution in [0.1, 0.15) is 27.6 Å². The van der Waals surface area contributed by atoms with Gasteiger partial charge in [-0.3, -0.25) is 9.36 Å². The number of aromatic nitrogens is 4. The SMILES string of the molecule is Cc1nc(C)n(-c2ncc(NC(=O)c3ccccc3S(=O)(=O)C(F)F)cn2)c1C. The number of nitrogens with zero attached hydrogens (tertiary/aromatic N) is 4. The second-order valence-corrected chi connectivity index (χ2v) is 8.08. The van der Waals surface area contributed by atoms with Crippen LogP contribution in [0, 0.1) is 20.8 Å². The van der Waals surface area contributed by atoms with Gasteiger partial charge in [0.2, 0.25) is 15.8 Å². The summed E-state index contributed by atoms with van der Waals surface area (Å²) >= 11 is 0. The van der Waals surface area contributed by atoms with Gasteiger partial charge in [-0.25, -0.2) is 23.4 Å². The molecule has 0 saturated heterocycles. The second kappa shape index (κ2) is 7.66. The van der Waals surface area contributed by atoms with Crippen LogP contribution in [0.5, 0.6) is 0 Å². The van der Waals surface area contributed by atoms with Crippen LogP contribution in [0.2, 0.25) is 0 Å². The van der Waals surface area contributed by atoms with E-state index >= 15 is 0 Å².